The molecule has 0 aliphatic heterocycles. The van der Waals surface area contributed by atoms with Gasteiger partial charge < -0.3 is 15.2 Å². The first kappa shape index (κ1) is 14.1. The van der Waals surface area contributed by atoms with E-state index in [0.29, 0.717) is 6.61 Å². The molecule has 2 unspecified atom stereocenters. The molecular weight excluding hydrogens is 216 g/mol. The summed E-state index contributed by atoms with van der Waals surface area (Å²) in [6.07, 6.45) is -0.520. The van der Waals surface area contributed by atoms with Crippen LogP contribution in [0.2, 0.25) is 0 Å². The zero-order chi connectivity index (χ0) is 12.5. The van der Waals surface area contributed by atoms with Crippen LogP contribution in [-0.4, -0.2) is 37.6 Å². The summed E-state index contributed by atoms with van der Waals surface area (Å²) in [6, 6.07) is 10.3. The molecule has 0 saturated carbocycles. The van der Waals surface area contributed by atoms with Gasteiger partial charge in [-0.05, 0) is 12.5 Å². The van der Waals surface area contributed by atoms with Crippen LogP contribution in [0, 0.1) is 0 Å². The Balaban J connectivity index is 2.26. The Bertz CT molecular complexity index is 291. The van der Waals surface area contributed by atoms with Gasteiger partial charge >= 0.3 is 0 Å². The zero-order valence-corrected chi connectivity index (χ0v) is 10.5. The molecule has 0 fully saturated rings. The molecule has 0 spiro atoms. The maximum Gasteiger partial charge on any atom is 0.102 e. The van der Waals surface area contributed by atoms with E-state index in [1.807, 2.05) is 18.2 Å². The maximum atomic E-state index is 9.27. The third-order valence-corrected chi connectivity index (χ3v) is 2.41. The molecule has 4 heteroatoms. The van der Waals surface area contributed by atoms with Gasteiger partial charge in [0.25, 0.3) is 0 Å². The van der Waals surface area contributed by atoms with Crippen LogP contribution in [0.5, 0.6) is 0 Å². The second-order valence-corrected chi connectivity index (χ2v) is 4.11. The average molecular weight is 238 g/mol. The van der Waals surface area contributed by atoms with Gasteiger partial charge in [0.15, 0.2) is 0 Å². The molecule has 0 bridgehead atoms. The lowest BCUT2D eigenvalue weighted by atomic mass is 10.2. The van der Waals surface area contributed by atoms with Crippen LogP contribution < -0.4 is 10.6 Å². The molecule has 4 nitrogen and oxygen atoms in total. The van der Waals surface area contributed by atoms with Gasteiger partial charge in [0, 0.05) is 26.2 Å². The normalized spacial score (nSPS) is 14.5. The van der Waals surface area contributed by atoms with Gasteiger partial charge in [0.05, 0.1) is 6.61 Å². The Morgan fingerprint density at radius 3 is 2.59 bits per heavy atom. The standard InChI is InChI=1S/C13H22N2O2/c1-11(16)15-13(10-17-2)9-14-8-12-6-4-3-5-7-12/h3-7,11,13-16H,8-10H2,1-2H3. The first-order valence-corrected chi connectivity index (χ1v) is 5.90. The Hall–Kier alpha value is -0.940. The number of aliphatic hydroxyl groups excluding tert-OH is 1. The van der Waals surface area contributed by atoms with E-state index >= 15 is 0 Å². The first-order chi connectivity index (χ1) is 8.22. The van der Waals surface area contributed by atoms with E-state index in [1.165, 1.54) is 5.56 Å². The molecule has 1 rings (SSSR count). The van der Waals surface area contributed by atoms with E-state index < -0.39 is 6.23 Å². The molecule has 17 heavy (non-hydrogen) atoms. The van der Waals surface area contributed by atoms with Crippen molar-refractivity contribution in [2.45, 2.75) is 25.7 Å². The van der Waals surface area contributed by atoms with Crippen molar-refractivity contribution in [3.8, 4) is 0 Å². The summed E-state index contributed by atoms with van der Waals surface area (Å²) in [5.74, 6) is 0. The summed E-state index contributed by atoms with van der Waals surface area (Å²) in [6.45, 7) is 3.86. The van der Waals surface area contributed by atoms with E-state index in [2.05, 4.69) is 22.8 Å². The number of methoxy groups -OCH3 is 1. The number of aliphatic hydroxyl groups is 1. The van der Waals surface area contributed by atoms with Crippen molar-refractivity contribution in [1.82, 2.24) is 10.6 Å². The predicted octanol–water partition coefficient (Wildman–Crippen LogP) is 0.719. The van der Waals surface area contributed by atoms with Gasteiger partial charge in [-0.1, -0.05) is 30.3 Å². The van der Waals surface area contributed by atoms with E-state index in [9.17, 15) is 5.11 Å². The van der Waals surface area contributed by atoms with Crippen molar-refractivity contribution in [3.05, 3.63) is 35.9 Å². The van der Waals surface area contributed by atoms with Crippen molar-refractivity contribution in [2.24, 2.45) is 0 Å². The predicted molar refractivity (Wildman–Crippen MR) is 68.6 cm³/mol. The number of hydrogen-bond acceptors (Lipinski definition) is 4. The van der Waals surface area contributed by atoms with Gasteiger partial charge in [-0.15, -0.1) is 0 Å². The van der Waals surface area contributed by atoms with Crippen LogP contribution in [0.1, 0.15) is 12.5 Å². The lowest BCUT2D eigenvalue weighted by Crippen LogP contribution is -2.45. The van der Waals surface area contributed by atoms with Crippen molar-refractivity contribution in [1.29, 1.82) is 0 Å². The van der Waals surface area contributed by atoms with Crippen molar-refractivity contribution >= 4 is 0 Å². The van der Waals surface area contributed by atoms with Gasteiger partial charge in [-0.2, -0.15) is 0 Å². The summed E-state index contributed by atoms with van der Waals surface area (Å²) in [5, 5.41) is 15.6. The van der Waals surface area contributed by atoms with Crippen molar-refractivity contribution < 1.29 is 9.84 Å². The Morgan fingerprint density at radius 1 is 1.29 bits per heavy atom. The second-order valence-electron chi connectivity index (χ2n) is 4.11. The quantitative estimate of drug-likeness (QED) is 0.584. The van der Waals surface area contributed by atoms with Crippen LogP contribution in [0.3, 0.4) is 0 Å². The lowest BCUT2D eigenvalue weighted by molar-refractivity contribution is 0.101. The molecule has 0 heterocycles. The highest BCUT2D eigenvalue weighted by molar-refractivity contribution is 5.14. The second kappa shape index (κ2) is 8.20. The minimum Gasteiger partial charge on any atom is -0.383 e. The fraction of sp³-hybridized carbons (Fsp3) is 0.538. The largest absolute Gasteiger partial charge is 0.383 e. The van der Waals surface area contributed by atoms with Gasteiger partial charge in [0.1, 0.15) is 6.23 Å². The minimum atomic E-state index is -0.520. The Labute approximate surface area is 103 Å². The molecule has 0 amide bonds. The van der Waals surface area contributed by atoms with Crippen LogP contribution in [0.15, 0.2) is 30.3 Å². The van der Waals surface area contributed by atoms with E-state index in [1.54, 1.807) is 14.0 Å². The van der Waals surface area contributed by atoms with Crippen molar-refractivity contribution in [3.63, 3.8) is 0 Å². The summed E-state index contributed by atoms with van der Waals surface area (Å²) >= 11 is 0. The summed E-state index contributed by atoms with van der Waals surface area (Å²) < 4.78 is 5.09. The highest BCUT2D eigenvalue weighted by Crippen LogP contribution is 1.97. The number of benzene rings is 1. The van der Waals surface area contributed by atoms with Crippen LogP contribution in [-0.2, 0) is 11.3 Å². The number of rotatable bonds is 8. The summed E-state index contributed by atoms with van der Waals surface area (Å²) in [5.41, 5.74) is 1.25. The van der Waals surface area contributed by atoms with Crippen LogP contribution in [0.25, 0.3) is 0 Å². The smallest absolute Gasteiger partial charge is 0.102 e. The fourth-order valence-electron chi connectivity index (χ4n) is 1.69. The van der Waals surface area contributed by atoms with Crippen LogP contribution in [0.4, 0.5) is 0 Å². The highest BCUT2D eigenvalue weighted by atomic mass is 16.5. The number of nitrogens with one attached hydrogen (secondary N) is 2. The Morgan fingerprint density at radius 2 is 2.00 bits per heavy atom. The molecule has 0 aliphatic carbocycles. The number of ether oxygens (including phenoxy) is 1. The molecular formula is C13H22N2O2. The zero-order valence-electron chi connectivity index (χ0n) is 10.5. The monoisotopic (exact) mass is 238 g/mol. The van der Waals surface area contributed by atoms with E-state index in [-0.39, 0.29) is 6.04 Å². The van der Waals surface area contributed by atoms with E-state index in [0.717, 1.165) is 13.1 Å². The van der Waals surface area contributed by atoms with Crippen molar-refractivity contribution in [2.75, 3.05) is 20.3 Å². The lowest BCUT2D eigenvalue weighted by Gasteiger charge is -2.20. The third kappa shape index (κ3) is 6.38. The summed E-state index contributed by atoms with van der Waals surface area (Å²) in [4.78, 5) is 0. The fourth-order valence-corrected chi connectivity index (χ4v) is 1.69. The average Bonchev–Trinajstić information content (AvgIpc) is 2.30. The molecule has 96 valence electrons. The van der Waals surface area contributed by atoms with E-state index in [4.69, 9.17) is 4.74 Å². The molecule has 3 N–H and O–H groups in total. The third-order valence-electron chi connectivity index (χ3n) is 2.41. The molecule has 1 aromatic carbocycles. The molecule has 0 radical (unpaired) electrons. The Kier molecular flexibility index (Phi) is 6.81. The first-order valence-electron chi connectivity index (χ1n) is 5.90. The van der Waals surface area contributed by atoms with Gasteiger partial charge in [-0.25, -0.2) is 0 Å². The highest BCUT2D eigenvalue weighted by Gasteiger charge is 2.09. The molecule has 0 aliphatic rings. The SMILES string of the molecule is COCC(CNCc1ccccc1)NC(C)O. The molecule has 0 aromatic heterocycles. The maximum absolute atomic E-state index is 9.27. The number of hydrogen-bond donors (Lipinski definition) is 3. The molecule has 0 saturated heterocycles. The molecule has 1 aromatic rings. The van der Waals surface area contributed by atoms with Gasteiger partial charge in [-0.3, -0.25) is 5.32 Å². The topological polar surface area (TPSA) is 53.5 Å². The molecule has 2 atom stereocenters. The van der Waals surface area contributed by atoms with Gasteiger partial charge in [0.2, 0.25) is 0 Å². The summed E-state index contributed by atoms with van der Waals surface area (Å²) in [7, 11) is 1.66. The van der Waals surface area contributed by atoms with Crippen LogP contribution >= 0.6 is 0 Å². The minimum absolute atomic E-state index is 0.115.